The third-order valence-corrected chi connectivity index (χ3v) is 6.09. The number of hydrogen-bond acceptors (Lipinski definition) is 3. The number of ether oxygens (including phenoxy) is 2. The Balaban J connectivity index is 1.43. The van der Waals surface area contributed by atoms with Gasteiger partial charge in [-0.15, -0.1) is 0 Å². The molecule has 0 bridgehead atoms. The highest BCUT2D eigenvalue weighted by Gasteiger charge is 2.36. The highest BCUT2D eigenvalue weighted by atomic mass is 16.5. The molecule has 1 aliphatic heterocycles. The third kappa shape index (κ3) is 3.89. The molecule has 0 saturated carbocycles. The Labute approximate surface area is 162 Å². The summed E-state index contributed by atoms with van der Waals surface area (Å²) in [7, 11) is 2.20. The summed E-state index contributed by atoms with van der Waals surface area (Å²) in [4.78, 5) is 2.42. The molecule has 3 heteroatoms. The van der Waals surface area contributed by atoms with Gasteiger partial charge >= 0.3 is 0 Å². The van der Waals surface area contributed by atoms with Crippen molar-refractivity contribution < 1.29 is 9.47 Å². The molecule has 1 saturated heterocycles. The van der Waals surface area contributed by atoms with E-state index in [0.29, 0.717) is 6.04 Å². The minimum Gasteiger partial charge on any atom is -0.496 e. The molecule has 4 rings (SSSR count). The van der Waals surface area contributed by atoms with Gasteiger partial charge in [0, 0.05) is 11.5 Å². The number of nitrogens with zero attached hydrogens (tertiary/aromatic N) is 1. The van der Waals surface area contributed by atoms with Gasteiger partial charge in [0.25, 0.3) is 0 Å². The van der Waals surface area contributed by atoms with Crippen molar-refractivity contribution in [2.75, 3.05) is 20.2 Å². The Bertz CT molecular complexity index is 784. The molecule has 1 aliphatic carbocycles. The summed E-state index contributed by atoms with van der Waals surface area (Å²) in [6, 6.07) is 19.0. The maximum absolute atomic E-state index is 6.34. The fraction of sp³-hybridized carbons (Fsp3) is 0.417. The molecule has 2 aliphatic rings. The third-order valence-electron chi connectivity index (χ3n) is 6.09. The standard InChI is InChI=1S/C24H29NO2/c1-24(16-6-11-23(24)26-18-20-8-7-17-25(20)2)19-12-14-22(15-13-19)27-21-9-4-3-5-10-21/h3-5,9-15,20H,6-8,16-18H2,1-2H3/t20-,24+/m0/s1. The number of para-hydroxylation sites is 1. The average Bonchev–Trinajstić information content (AvgIpc) is 3.27. The first-order valence-electron chi connectivity index (χ1n) is 10.0. The summed E-state index contributed by atoms with van der Waals surface area (Å²) in [5.41, 5.74) is 1.26. The molecular formula is C24H29NO2. The first-order valence-corrected chi connectivity index (χ1v) is 10.0. The average molecular weight is 364 g/mol. The van der Waals surface area contributed by atoms with E-state index in [1.807, 2.05) is 30.3 Å². The van der Waals surface area contributed by atoms with E-state index >= 15 is 0 Å². The lowest BCUT2D eigenvalue weighted by Crippen LogP contribution is -2.31. The van der Waals surface area contributed by atoms with Crippen LogP contribution >= 0.6 is 0 Å². The summed E-state index contributed by atoms with van der Waals surface area (Å²) < 4.78 is 12.3. The molecule has 0 radical (unpaired) electrons. The van der Waals surface area contributed by atoms with Gasteiger partial charge in [0.2, 0.25) is 0 Å². The molecule has 3 nitrogen and oxygen atoms in total. The van der Waals surface area contributed by atoms with E-state index in [2.05, 4.69) is 49.2 Å². The van der Waals surface area contributed by atoms with Gasteiger partial charge in [-0.05, 0) is 82.1 Å². The zero-order valence-corrected chi connectivity index (χ0v) is 16.4. The van der Waals surface area contributed by atoms with Gasteiger partial charge < -0.3 is 14.4 Å². The Hall–Kier alpha value is -2.26. The van der Waals surface area contributed by atoms with Crippen molar-refractivity contribution in [1.29, 1.82) is 0 Å². The SMILES string of the molecule is CN1CCC[C@H]1COC1=CCC[C@]1(C)c1ccc(Oc2ccccc2)cc1. The smallest absolute Gasteiger partial charge is 0.127 e. The van der Waals surface area contributed by atoms with Gasteiger partial charge in [0.05, 0.1) is 0 Å². The van der Waals surface area contributed by atoms with Crippen LogP contribution in [0.2, 0.25) is 0 Å². The highest BCUT2D eigenvalue weighted by Crippen LogP contribution is 2.43. The van der Waals surface area contributed by atoms with Gasteiger partial charge in [-0.2, -0.15) is 0 Å². The molecular weight excluding hydrogens is 334 g/mol. The summed E-state index contributed by atoms with van der Waals surface area (Å²) in [5, 5.41) is 0. The lowest BCUT2D eigenvalue weighted by molar-refractivity contribution is 0.116. The molecule has 0 spiro atoms. The lowest BCUT2D eigenvalue weighted by Gasteiger charge is -2.30. The molecule has 2 atom stereocenters. The summed E-state index contributed by atoms with van der Waals surface area (Å²) in [5.74, 6) is 2.87. The van der Waals surface area contributed by atoms with Crippen molar-refractivity contribution in [3.05, 3.63) is 72.0 Å². The molecule has 2 aromatic carbocycles. The topological polar surface area (TPSA) is 21.7 Å². The van der Waals surface area contributed by atoms with Crippen LogP contribution < -0.4 is 4.74 Å². The molecule has 1 heterocycles. The quantitative estimate of drug-likeness (QED) is 0.674. The maximum Gasteiger partial charge on any atom is 0.127 e. The number of rotatable bonds is 6. The molecule has 0 aromatic heterocycles. The van der Waals surface area contributed by atoms with E-state index < -0.39 is 0 Å². The Morgan fingerprint density at radius 3 is 2.48 bits per heavy atom. The van der Waals surface area contributed by atoms with Crippen molar-refractivity contribution in [1.82, 2.24) is 4.90 Å². The normalized spacial score (nSPS) is 25.4. The second-order valence-electron chi connectivity index (χ2n) is 7.97. The van der Waals surface area contributed by atoms with E-state index in [4.69, 9.17) is 9.47 Å². The lowest BCUT2D eigenvalue weighted by atomic mass is 9.80. The summed E-state index contributed by atoms with van der Waals surface area (Å²) >= 11 is 0. The van der Waals surface area contributed by atoms with Crippen LogP contribution in [-0.4, -0.2) is 31.1 Å². The molecule has 27 heavy (non-hydrogen) atoms. The fourth-order valence-electron chi connectivity index (χ4n) is 4.24. The van der Waals surface area contributed by atoms with Crippen molar-refractivity contribution in [2.24, 2.45) is 0 Å². The minimum absolute atomic E-state index is 0.0392. The van der Waals surface area contributed by atoms with Crippen LogP contribution in [0.3, 0.4) is 0 Å². The van der Waals surface area contributed by atoms with Crippen molar-refractivity contribution in [2.45, 2.75) is 44.1 Å². The zero-order valence-electron chi connectivity index (χ0n) is 16.4. The van der Waals surface area contributed by atoms with Crippen LogP contribution in [0.25, 0.3) is 0 Å². The summed E-state index contributed by atoms with van der Waals surface area (Å²) in [6.07, 6.45) is 6.98. The first-order chi connectivity index (χ1) is 13.1. The van der Waals surface area contributed by atoms with Gasteiger partial charge in [-0.3, -0.25) is 0 Å². The molecule has 0 N–H and O–H groups in total. The van der Waals surface area contributed by atoms with Crippen LogP contribution in [0, 0.1) is 0 Å². The number of likely N-dealkylation sites (N-methyl/N-ethyl adjacent to an activating group) is 1. The molecule has 2 aromatic rings. The fourth-order valence-corrected chi connectivity index (χ4v) is 4.24. The molecule has 0 amide bonds. The van der Waals surface area contributed by atoms with Gasteiger partial charge in [0.1, 0.15) is 23.9 Å². The molecule has 0 unspecified atom stereocenters. The Kier molecular flexibility index (Phi) is 5.22. The maximum atomic E-state index is 6.34. The minimum atomic E-state index is -0.0392. The highest BCUT2D eigenvalue weighted by molar-refractivity contribution is 5.40. The van der Waals surface area contributed by atoms with E-state index in [-0.39, 0.29) is 5.41 Å². The second kappa shape index (κ2) is 7.77. The van der Waals surface area contributed by atoms with E-state index in [1.54, 1.807) is 0 Å². The van der Waals surface area contributed by atoms with Gasteiger partial charge in [0.15, 0.2) is 0 Å². The number of benzene rings is 2. The molecule has 142 valence electrons. The van der Waals surface area contributed by atoms with Crippen LogP contribution in [0.1, 0.15) is 38.2 Å². The summed E-state index contributed by atoms with van der Waals surface area (Å²) in [6.45, 7) is 4.29. The Morgan fingerprint density at radius 1 is 1.04 bits per heavy atom. The van der Waals surface area contributed by atoms with Crippen molar-refractivity contribution in [3.8, 4) is 11.5 Å². The largest absolute Gasteiger partial charge is 0.496 e. The number of allylic oxidation sites excluding steroid dienone is 2. The van der Waals surface area contributed by atoms with E-state index in [0.717, 1.165) is 36.7 Å². The predicted octanol–water partition coefficient (Wildman–Crippen LogP) is 5.53. The van der Waals surface area contributed by atoms with E-state index in [9.17, 15) is 0 Å². The predicted molar refractivity (Wildman–Crippen MR) is 109 cm³/mol. The van der Waals surface area contributed by atoms with Gasteiger partial charge in [-0.25, -0.2) is 0 Å². The van der Waals surface area contributed by atoms with Crippen LogP contribution in [0.4, 0.5) is 0 Å². The van der Waals surface area contributed by atoms with Crippen LogP contribution in [-0.2, 0) is 10.2 Å². The second-order valence-corrected chi connectivity index (χ2v) is 7.97. The number of hydrogen-bond donors (Lipinski definition) is 0. The monoisotopic (exact) mass is 363 g/mol. The van der Waals surface area contributed by atoms with E-state index in [1.165, 1.54) is 24.9 Å². The molecule has 1 fully saturated rings. The van der Waals surface area contributed by atoms with Crippen LogP contribution in [0.15, 0.2) is 66.4 Å². The first kappa shape index (κ1) is 18.1. The Morgan fingerprint density at radius 2 is 1.78 bits per heavy atom. The number of likely N-dealkylation sites (tertiary alicyclic amines) is 1. The van der Waals surface area contributed by atoms with Crippen LogP contribution in [0.5, 0.6) is 11.5 Å². The zero-order chi connectivity index (χ0) is 18.7. The van der Waals surface area contributed by atoms with Gasteiger partial charge in [-0.1, -0.05) is 30.3 Å². The van der Waals surface area contributed by atoms with Crippen molar-refractivity contribution >= 4 is 0 Å². The van der Waals surface area contributed by atoms with Crippen molar-refractivity contribution in [3.63, 3.8) is 0 Å².